The number of carbonyl (C=O) groups excluding carboxylic acids is 1. The van der Waals surface area contributed by atoms with Gasteiger partial charge >= 0.3 is 0 Å². The monoisotopic (exact) mass is 343 g/mol. The first kappa shape index (κ1) is 16.3. The molecule has 2 saturated heterocycles. The number of aryl methyl sites for hydroxylation is 1. The Hall–Kier alpha value is -2.18. The van der Waals surface area contributed by atoms with E-state index in [1.165, 1.54) is 6.33 Å². The average Bonchev–Trinajstić information content (AvgIpc) is 3.07. The smallest absolute Gasteiger partial charge is 0.252 e. The molecule has 2 aliphatic rings. The lowest BCUT2D eigenvalue weighted by molar-refractivity contribution is -0.128. The summed E-state index contributed by atoms with van der Waals surface area (Å²) in [6, 6.07) is 0. The summed E-state index contributed by atoms with van der Waals surface area (Å²) >= 11 is 0. The minimum absolute atomic E-state index is 0.133. The normalized spacial score (nSPS) is 20.4. The number of nitrogens with zero attached hydrogens (tertiary/aromatic N) is 5. The van der Waals surface area contributed by atoms with Crippen LogP contribution in [0.3, 0.4) is 0 Å². The fraction of sp³-hybridized carbons (Fsp3) is 0.667. The molecule has 0 unspecified atom stereocenters. The maximum Gasteiger partial charge on any atom is 0.252 e. The molecule has 4 rings (SSSR count). The molecule has 2 aromatic rings. The van der Waals surface area contributed by atoms with E-state index < -0.39 is 0 Å². The second-order valence-corrected chi connectivity index (χ2v) is 7.92. The van der Waals surface area contributed by atoms with Gasteiger partial charge in [-0.2, -0.15) is 4.98 Å². The van der Waals surface area contributed by atoms with Crippen LogP contribution in [0.5, 0.6) is 0 Å². The van der Waals surface area contributed by atoms with E-state index in [-0.39, 0.29) is 5.41 Å². The van der Waals surface area contributed by atoms with E-state index in [0.29, 0.717) is 29.9 Å². The van der Waals surface area contributed by atoms with Crippen LogP contribution < -0.4 is 4.90 Å². The Kier molecular flexibility index (Phi) is 3.89. The highest BCUT2D eigenvalue weighted by Crippen LogP contribution is 2.42. The number of rotatable bonds is 3. The van der Waals surface area contributed by atoms with E-state index in [4.69, 9.17) is 4.42 Å². The van der Waals surface area contributed by atoms with Crippen LogP contribution in [-0.4, -0.2) is 51.9 Å². The first-order chi connectivity index (χ1) is 12.0. The van der Waals surface area contributed by atoms with Gasteiger partial charge in [-0.15, -0.1) is 0 Å². The number of carbonyl (C=O) groups is 1. The largest absolute Gasteiger partial charge is 0.422 e. The van der Waals surface area contributed by atoms with Gasteiger partial charge in [0.2, 0.25) is 5.91 Å². The molecular formula is C18H25N5O2. The van der Waals surface area contributed by atoms with Gasteiger partial charge in [0, 0.05) is 44.9 Å². The molecular weight excluding hydrogens is 318 g/mol. The molecule has 0 bridgehead atoms. The lowest BCUT2D eigenvalue weighted by atomic mass is 9.77. The fourth-order valence-electron chi connectivity index (χ4n) is 4.19. The zero-order valence-corrected chi connectivity index (χ0v) is 15.2. The van der Waals surface area contributed by atoms with Gasteiger partial charge in [-0.3, -0.25) is 4.79 Å². The third-order valence-electron chi connectivity index (χ3n) is 5.40. The predicted molar refractivity (Wildman–Crippen MR) is 94.3 cm³/mol. The molecule has 0 N–H and O–H groups in total. The molecule has 2 fully saturated rings. The third-order valence-corrected chi connectivity index (χ3v) is 5.40. The van der Waals surface area contributed by atoms with Crippen LogP contribution in [0.1, 0.15) is 39.0 Å². The second kappa shape index (κ2) is 5.97. The molecule has 2 aliphatic heterocycles. The topological polar surface area (TPSA) is 75.4 Å². The fourth-order valence-corrected chi connectivity index (χ4v) is 4.19. The molecule has 0 atom stereocenters. The Bertz CT molecular complexity index is 792. The number of aromatic nitrogens is 3. The molecule has 1 spiro atoms. The standard InChI is InChI=1S/C18H25N5O2/c1-12(2)9-23-10-18(8-14(23)24)4-6-22(7-5-18)16-15-17(20-11-19-16)25-13(3)21-15/h11-12H,4-10H2,1-3H3. The summed E-state index contributed by atoms with van der Waals surface area (Å²) in [6.45, 7) is 9.71. The van der Waals surface area contributed by atoms with Crippen molar-refractivity contribution < 1.29 is 9.21 Å². The molecule has 1 amide bonds. The zero-order chi connectivity index (χ0) is 17.6. The van der Waals surface area contributed by atoms with Crippen molar-refractivity contribution in [3.63, 3.8) is 0 Å². The summed E-state index contributed by atoms with van der Waals surface area (Å²) < 4.78 is 5.52. The number of anilines is 1. The van der Waals surface area contributed by atoms with Crippen LogP contribution in [-0.2, 0) is 4.79 Å². The number of oxazole rings is 1. The first-order valence-electron chi connectivity index (χ1n) is 9.07. The lowest BCUT2D eigenvalue weighted by Gasteiger charge is -2.39. The second-order valence-electron chi connectivity index (χ2n) is 7.92. The molecule has 134 valence electrons. The maximum atomic E-state index is 12.4. The number of amides is 1. The van der Waals surface area contributed by atoms with E-state index in [1.54, 1.807) is 0 Å². The number of fused-ring (bicyclic) bond motifs is 1. The van der Waals surface area contributed by atoms with E-state index >= 15 is 0 Å². The first-order valence-corrected chi connectivity index (χ1v) is 9.07. The Morgan fingerprint density at radius 1 is 1.28 bits per heavy atom. The lowest BCUT2D eigenvalue weighted by Crippen LogP contribution is -2.42. The van der Waals surface area contributed by atoms with Crippen LogP contribution >= 0.6 is 0 Å². The predicted octanol–water partition coefficient (Wildman–Crippen LogP) is 2.40. The summed E-state index contributed by atoms with van der Waals surface area (Å²) in [6.07, 6.45) is 4.25. The van der Waals surface area contributed by atoms with Gasteiger partial charge in [-0.25, -0.2) is 9.97 Å². The van der Waals surface area contributed by atoms with E-state index in [1.807, 2.05) is 6.92 Å². The zero-order valence-electron chi connectivity index (χ0n) is 15.2. The number of piperidine rings is 1. The van der Waals surface area contributed by atoms with Gasteiger partial charge in [0.25, 0.3) is 5.71 Å². The Balaban J connectivity index is 1.49. The average molecular weight is 343 g/mol. The Morgan fingerprint density at radius 3 is 2.76 bits per heavy atom. The van der Waals surface area contributed by atoms with Crippen LogP contribution in [0.15, 0.2) is 10.7 Å². The van der Waals surface area contributed by atoms with Crippen molar-refractivity contribution >= 4 is 23.0 Å². The van der Waals surface area contributed by atoms with Crippen molar-refractivity contribution in [1.82, 2.24) is 19.9 Å². The quantitative estimate of drug-likeness (QED) is 0.852. The molecule has 0 saturated carbocycles. The van der Waals surface area contributed by atoms with E-state index in [2.05, 4.69) is 38.6 Å². The van der Waals surface area contributed by atoms with Crippen molar-refractivity contribution in [2.45, 2.75) is 40.0 Å². The minimum Gasteiger partial charge on any atom is -0.422 e. The summed E-state index contributed by atoms with van der Waals surface area (Å²) in [7, 11) is 0. The van der Waals surface area contributed by atoms with Crippen molar-refractivity contribution in [2.75, 3.05) is 31.1 Å². The molecule has 0 aliphatic carbocycles. The highest BCUT2D eigenvalue weighted by atomic mass is 16.4. The van der Waals surface area contributed by atoms with E-state index in [9.17, 15) is 4.79 Å². The van der Waals surface area contributed by atoms with Crippen molar-refractivity contribution in [3.05, 3.63) is 12.2 Å². The van der Waals surface area contributed by atoms with Crippen LogP contribution in [0.25, 0.3) is 11.2 Å². The summed E-state index contributed by atoms with van der Waals surface area (Å²) in [5, 5.41) is 0. The van der Waals surface area contributed by atoms with Crippen molar-refractivity contribution in [2.24, 2.45) is 11.3 Å². The van der Waals surface area contributed by atoms with Gasteiger partial charge in [0.15, 0.2) is 17.2 Å². The maximum absolute atomic E-state index is 12.4. The van der Waals surface area contributed by atoms with E-state index in [0.717, 1.165) is 50.4 Å². The van der Waals surface area contributed by atoms with Crippen molar-refractivity contribution in [3.8, 4) is 0 Å². The molecule has 2 aromatic heterocycles. The highest BCUT2D eigenvalue weighted by molar-refractivity contribution is 5.82. The van der Waals surface area contributed by atoms with Gasteiger partial charge in [0.05, 0.1) is 0 Å². The highest BCUT2D eigenvalue weighted by Gasteiger charge is 2.45. The van der Waals surface area contributed by atoms with Gasteiger partial charge in [-0.05, 0) is 18.8 Å². The van der Waals surface area contributed by atoms with Crippen molar-refractivity contribution in [1.29, 1.82) is 0 Å². The SMILES string of the molecule is Cc1nc2c(N3CCC4(CC3)CC(=O)N(CC(C)C)C4)ncnc2o1. The third kappa shape index (κ3) is 2.96. The van der Waals surface area contributed by atoms with Crippen LogP contribution in [0.2, 0.25) is 0 Å². The summed E-state index contributed by atoms with van der Waals surface area (Å²) in [5.41, 5.74) is 1.41. The number of hydrogen-bond donors (Lipinski definition) is 0. The Morgan fingerprint density at radius 2 is 2.04 bits per heavy atom. The summed E-state index contributed by atoms with van der Waals surface area (Å²) in [4.78, 5) is 29.7. The molecule has 7 nitrogen and oxygen atoms in total. The molecule has 0 radical (unpaired) electrons. The minimum atomic E-state index is 0.133. The molecule has 7 heteroatoms. The van der Waals surface area contributed by atoms with Crippen LogP contribution in [0.4, 0.5) is 5.82 Å². The number of hydrogen-bond acceptors (Lipinski definition) is 6. The van der Waals surface area contributed by atoms with Gasteiger partial charge in [-0.1, -0.05) is 13.8 Å². The van der Waals surface area contributed by atoms with Gasteiger partial charge < -0.3 is 14.2 Å². The Labute approximate surface area is 147 Å². The summed E-state index contributed by atoms with van der Waals surface area (Å²) in [5.74, 6) is 2.29. The van der Waals surface area contributed by atoms with Crippen LogP contribution in [0, 0.1) is 18.3 Å². The van der Waals surface area contributed by atoms with Gasteiger partial charge in [0.1, 0.15) is 6.33 Å². The molecule has 25 heavy (non-hydrogen) atoms. The number of likely N-dealkylation sites (tertiary alicyclic amines) is 1. The molecule has 0 aromatic carbocycles. The molecule has 4 heterocycles.